The van der Waals surface area contributed by atoms with E-state index in [1.165, 1.54) is 31.3 Å². The minimum atomic E-state index is -3.55. The molecule has 0 radical (unpaired) electrons. The van der Waals surface area contributed by atoms with Gasteiger partial charge in [0.15, 0.2) is 0 Å². The summed E-state index contributed by atoms with van der Waals surface area (Å²) < 4.78 is 31.1. The number of carboxylic acid groups (broad SMARTS) is 1. The zero-order valence-electron chi connectivity index (χ0n) is 12.9. The predicted molar refractivity (Wildman–Crippen MR) is 83.8 cm³/mol. The normalized spacial score (nSPS) is 28.7. The van der Waals surface area contributed by atoms with Gasteiger partial charge < -0.3 is 15.2 Å². The minimum absolute atomic E-state index is 0.0784. The first-order chi connectivity index (χ1) is 11.3. The number of carboxylic acids is 1. The number of benzene rings is 1. The summed E-state index contributed by atoms with van der Waals surface area (Å²) in [6.07, 6.45) is 0.542. The van der Waals surface area contributed by atoms with E-state index < -0.39 is 39.8 Å². The van der Waals surface area contributed by atoms with Crippen LogP contribution in [-0.2, 0) is 24.3 Å². The highest BCUT2D eigenvalue weighted by atomic mass is 32.2. The van der Waals surface area contributed by atoms with Crippen LogP contribution in [0, 0.1) is 11.8 Å². The van der Waals surface area contributed by atoms with Crippen LogP contribution in [0.5, 0.6) is 0 Å². The number of carbonyl (C=O) groups excluding carboxylic acids is 1. The number of hydrogen-bond acceptors (Lipinski definition) is 5. The largest absolute Gasteiger partial charge is 0.481 e. The molecule has 0 unspecified atom stereocenters. The molecule has 0 spiro atoms. The molecule has 2 fully saturated rings. The fraction of sp³-hybridized carbons (Fsp3) is 0.467. The molecule has 9 heteroatoms. The van der Waals surface area contributed by atoms with E-state index in [2.05, 4.69) is 10.0 Å². The Kier molecular flexibility index (Phi) is 4.33. The van der Waals surface area contributed by atoms with Crippen molar-refractivity contribution in [3.63, 3.8) is 0 Å². The van der Waals surface area contributed by atoms with Crippen LogP contribution in [0.15, 0.2) is 29.2 Å². The third kappa shape index (κ3) is 2.90. The number of carbonyl (C=O) groups is 2. The number of aliphatic carboxylic acids is 1. The van der Waals surface area contributed by atoms with E-state index >= 15 is 0 Å². The van der Waals surface area contributed by atoms with E-state index in [4.69, 9.17) is 4.74 Å². The Morgan fingerprint density at radius 3 is 2.25 bits per heavy atom. The topological polar surface area (TPSA) is 122 Å². The maximum absolute atomic E-state index is 12.5. The Balaban J connectivity index is 1.74. The first kappa shape index (κ1) is 16.9. The van der Waals surface area contributed by atoms with Crippen molar-refractivity contribution in [3.05, 3.63) is 24.3 Å². The lowest BCUT2D eigenvalue weighted by atomic mass is 9.78. The molecule has 0 aliphatic carbocycles. The number of rotatable bonds is 5. The van der Waals surface area contributed by atoms with Crippen molar-refractivity contribution in [1.29, 1.82) is 0 Å². The quantitative estimate of drug-likeness (QED) is 0.704. The van der Waals surface area contributed by atoms with Gasteiger partial charge in [-0.1, -0.05) is 0 Å². The van der Waals surface area contributed by atoms with Gasteiger partial charge >= 0.3 is 5.97 Å². The van der Waals surface area contributed by atoms with Gasteiger partial charge in [-0.3, -0.25) is 9.59 Å². The Hall–Kier alpha value is -1.97. The van der Waals surface area contributed by atoms with Gasteiger partial charge in [-0.25, -0.2) is 13.1 Å². The number of nitrogens with one attached hydrogen (secondary N) is 2. The van der Waals surface area contributed by atoms with E-state index in [0.29, 0.717) is 18.5 Å². The fourth-order valence-corrected chi connectivity index (χ4v) is 4.12. The monoisotopic (exact) mass is 354 g/mol. The summed E-state index contributed by atoms with van der Waals surface area (Å²) in [6.45, 7) is 0. The van der Waals surface area contributed by atoms with Gasteiger partial charge in [0.05, 0.1) is 28.9 Å². The molecule has 8 nitrogen and oxygen atoms in total. The molecular formula is C15H18N2O6S. The lowest BCUT2D eigenvalue weighted by Gasteiger charge is -2.23. The van der Waals surface area contributed by atoms with Crippen molar-refractivity contribution in [3.8, 4) is 0 Å². The van der Waals surface area contributed by atoms with Crippen molar-refractivity contribution in [2.45, 2.75) is 29.9 Å². The van der Waals surface area contributed by atoms with Crippen LogP contribution in [0.25, 0.3) is 0 Å². The molecule has 2 aliphatic heterocycles. The molecule has 2 bridgehead atoms. The van der Waals surface area contributed by atoms with Crippen LogP contribution in [0.3, 0.4) is 0 Å². The van der Waals surface area contributed by atoms with E-state index in [9.17, 15) is 23.1 Å². The molecule has 2 heterocycles. The molecule has 24 heavy (non-hydrogen) atoms. The average Bonchev–Trinajstić information content (AvgIpc) is 3.16. The number of ether oxygens (including phenoxy) is 1. The molecule has 3 N–H and O–H groups in total. The number of amides is 1. The molecule has 4 atom stereocenters. The SMILES string of the molecule is CNS(=O)(=O)c1ccc(NC(=O)[C@@H]2[C@@H](C(=O)O)[C@@H]3CC[C@@H]2O3)cc1. The van der Waals surface area contributed by atoms with Gasteiger partial charge in [0, 0.05) is 5.69 Å². The molecule has 1 aromatic rings. The molecule has 130 valence electrons. The van der Waals surface area contributed by atoms with Crippen LogP contribution in [0.4, 0.5) is 5.69 Å². The molecule has 0 saturated carbocycles. The summed E-state index contributed by atoms with van der Waals surface area (Å²) in [7, 11) is -2.23. The third-order valence-electron chi connectivity index (χ3n) is 4.56. The highest BCUT2D eigenvalue weighted by Gasteiger charge is 2.55. The van der Waals surface area contributed by atoms with Crippen LogP contribution < -0.4 is 10.0 Å². The maximum atomic E-state index is 12.5. The van der Waals surface area contributed by atoms with Gasteiger partial charge in [-0.05, 0) is 44.2 Å². The lowest BCUT2D eigenvalue weighted by Crippen LogP contribution is -2.40. The number of anilines is 1. The zero-order chi connectivity index (χ0) is 17.5. The average molecular weight is 354 g/mol. The Labute approximate surface area is 139 Å². The number of fused-ring (bicyclic) bond motifs is 2. The first-order valence-electron chi connectivity index (χ1n) is 7.56. The summed E-state index contributed by atoms with van der Waals surface area (Å²) in [5.41, 5.74) is 0.405. The van der Waals surface area contributed by atoms with Crippen molar-refractivity contribution >= 4 is 27.6 Å². The van der Waals surface area contributed by atoms with Gasteiger partial charge in [-0.15, -0.1) is 0 Å². The predicted octanol–water partition coefficient (Wildman–Crippen LogP) is 0.411. The lowest BCUT2D eigenvalue weighted by molar-refractivity contribution is -0.147. The van der Waals surface area contributed by atoms with Crippen LogP contribution in [0.1, 0.15) is 12.8 Å². The maximum Gasteiger partial charge on any atom is 0.310 e. The molecule has 0 aromatic heterocycles. The molecule has 3 rings (SSSR count). The van der Waals surface area contributed by atoms with Crippen LogP contribution >= 0.6 is 0 Å². The van der Waals surface area contributed by atoms with E-state index in [1.807, 2.05) is 0 Å². The Morgan fingerprint density at radius 1 is 1.12 bits per heavy atom. The molecular weight excluding hydrogens is 336 g/mol. The fourth-order valence-electron chi connectivity index (χ4n) is 3.39. The highest BCUT2D eigenvalue weighted by molar-refractivity contribution is 7.89. The summed E-state index contributed by atoms with van der Waals surface area (Å²) in [5.74, 6) is -3.02. The Morgan fingerprint density at radius 2 is 1.71 bits per heavy atom. The second-order valence-electron chi connectivity index (χ2n) is 5.90. The highest BCUT2D eigenvalue weighted by Crippen LogP contribution is 2.44. The zero-order valence-corrected chi connectivity index (χ0v) is 13.7. The summed E-state index contributed by atoms with van der Waals surface area (Å²) in [6, 6.07) is 5.67. The summed E-state index contributed by atoms with van der Waals surface area (Å²) in [5, 5.41) is 12.0. The van der Waals surface area contributed by atoms with Crippen molar-refractivity contribution in [2.75, 3.05) is 12.4 Å². The first-order valence-corrected chi connectivity index (χ1v) is 9.04. The standard InChI is InChI=1S/C15H18N2O6S/c1-16-24(21,22)9-4-2-8(3-5-9)17-14(18)12-10-6-7-11(23-10)13(12)15(19)20/h2-5,10-13,16H,6-7H2,1H3,(H,17,18)(H,19,20)/t10-,11-,12-,13-/m0/s1. The van der Waals surface area contributed by atoms with Crippen molar-refractivity contribution in [2.24, 2.45) is 11.8 Å². The van der Waals surface area contributed by atoms with E-state index in [1.54, 1.807) is 0 Å². The van der Waals surface area contributed by atoms with Gasteiger partial charge in [0.1, 0.15) is 0 Å². The molecule has 1 amide bonds. The summed E-state index contributed by atoms with van der Waals surface area (Å²) >= 11 is 0. The molecule has 2 aliphatic rings. The third-order valence-corrected chi connectivity index (χ3v) is 5.99. The van der Waals surface area contributed by atoms with Crippen molar-refractivity contribution < 1.29 is 27.9 Å². The minimum Gasteiger partial charge on any atom is -0.481 e. The summed E-state index contributed by atoms with van der Waals surface area (Å²) in [4.78, 5) is 24.0. The molecule has 1 aromatic carbocycles. The second kappa shape index (κ2) is 6.15. The van der Waals surface area contributed by atoms with Crippen LogP contribution in [0.2, 0.25) is 0 Å². The van der Waals surface area contributed by atoms with E-state index in [0.717, 1.165) is 0 Å². The second-order valence-corrected chi connectivity index (χ2v) is 7.79. The van der Waals surface area contributed by atoms with E-state index in [-0.39, 0.29) is 11.0 Å². The van der Waals surface area contributed by atoms with Gasteiger partial charge in [0.25, 0.3) is 0 Å². The number of hydrogen-bond donors (Lipinski definition) is 3. The number of sulfonamides is 1. The Bertz CT molecular complexity index is 761. The van der Waals surface area contributed by atoms with Gasteiger partial charge in [-0.2, -0.15) is 0 Å². The van der Waals surface area contributed by atoms with Crippen LogP contribution in [-0.4, -0.2) is 44.7 Å². The smallest absolute Gasteiger partial charge is 0.310 e. The molecule has 2 saturated heterocycles. The van der Waals surface area contributed by atoms with Crippen molar-refractivity contribution in [1.82, 2.24) is 4.72 Å². The van der Waals surface area contributed by atoms with Gasteiger partial charge in [0.2, 0.25) is 15.9 Å².